The maximum atomic E-state index is 12.8. The molecule has 2 aromatic rings. The zero-order valence-electron chi connectivity index (χ0n) is 19.6. The molecular formula is C27H28N2O6. The number of fused-ring (bicyclic) bond motifs is 1. The Kier molecular flexibility index (Phi) is 6.28. The smallest absolute Gasteiger partial charge is 0.316 e. The molecule has 8 heteroatoms. The van der Waals surface area contributed by atoms with Crippen LogP contribution >= 0.6 is 0 Å². The monoisotopic (exact) mass is 476 g/mol. The Hall–Kier alpha value is -3.68. The highest BCUT2D eigenvalue weighted by Gasteiger charge is 2.48. The van der Waals surface area contributed by atoms with Gasteiger partial charge in [0.2, 0.25) is 17.7 Å². The van der Waals surface area contributed by atoms with E-state index in [1.54, 1.807) is 53.4 Å². The number of imide groups is 1. The molecule has 3 fully saturated rings. The molecule has 2 aliphatic heterocycles. The van der Waals surface area contributed by atoms with E-state index in [-0.39, 0.29) is 42.5 Å². The molecule has 2 heterocycles. The van der Waals surface area contributed by atoms with Gasteiger partial charge in [0.15, 0.2) is 0 Å². The van der Waals surface area contributed by atoms with E-state index in [1.807, 2.05) is 6.92 Å². The molecule has 182 valence electrons. The molecule has 0 bridgehead atoms. The van der Waals surface area contributed by atoms with Crippen molar-refractivity contribution in [3.63, 3.8) is 0 Å². The molecule has 5 rings (SSSR count). The first kappa shape index (κ1) is 23.1. The van der Waals surface area contributed by atoms with Crippen molar-refractivity contribution >= 4 is 35.1 Å². The summed E-state index contributed by atoms with van der Waals surface area (Å²) in [5.74, 6) is -0.886. The maximum Gasteiger partial charge on any atom is 0.316 e. The number of hydrogen-bond acceptors (Lipinski definition) is 6. The summed E-state index contributed by atoms with van der Waals surface area (Å²) in [4.78, 5) is 53.7. The average molecular weight is 477 g/mol. The number of amides is 3. The Balaban J connectivity index is 1.22. The number of carbonyl (C=O) groups excluding carboxylic acids is 4. The number of ether oxygens (including phenoxy) is 2. The Bertz CT molecular complexity index is 1120. The minimum absolute atomic E-state index is 0.0731. The molecule has 0 spiro atoms. The van der Waals surface area contributed by atoms with E-state index in [9.17, 15) is 19.2 Å². The van der Waals surface area contributed by atoms with Crippen LogP contribution in [0.3, 0.4) is 0 Å². The Morgan fingerprint density at radius 1 is 0.857 bits per heavy atom. The van der Waals surface area contributed by atoms with E-state index in [0.717, 1.165) is 31.4 Å². The number of nitrogens with zero attached hydrogens (tertiary/aromatic N) is 2. The molecule has 3 aliphatic rings. The topological polar surface area (TPSA) is 93.2 Å². The summed E-state index contributed by atoms with van der Waals surface area (Å²) in [5, 5.41) is 0. The lowest BCUT2D eigenvalue weighted by Gasteiger charge is -2.19. The molecule has 1 aliphatic carbocycles. The first-order valence-corrected chi connectivity index (χ1v) is 12.2. The van der Waals surface area contributed by atoms with Crippen LogP contribution in [0.15, 0.2) is 48.5 Å². The maximum absolute atomic E-state index is 12.8. The largest absolute Gasteiger partial charge is 0.494 e. The lowest BCUT2D eigenvalue weighted by atomic mass is 9.81. The van der Waals surface area contributed by atoms with Gasteiger partial charge in [-0.3, -0.25) is 24.1 Å². The number of benzene rings is 2. The van der Waals surface area contributed by atoms with Crippen molar-refractivity contribution in [2.75, 3.05) is 23.0 Å². The third-order valence-electron chi connectivity index (χ3n) is 7.07. The van der Waals surface area contributed by atoms with Gasteiger partial charge in [-0.15, -0.1) is 0 Å². The third kappa shape index (κ3) is 4.40. The van der Waals surface area contributed by atoms with Crippen molar-refractivity contribution < 1.29 is 28.7 Å². The van der Waals surface area contributed by atoms with Gasteiger partial charge in [-0.25, -0.2) is 0 Å². The van der Waals surface area contributed by atoms with E-state index < -0.39 is 11.9 Å². The summed E-state index contributed by atoms with van der Waals surface area (Å²) in [6, 6.07) is 13.6. The zero-order valence-corrected chi connectivity index (χ0v) is 19.6. The van der Waals surface area contributed by atoms with Crippen LogP contribution in [0.5, 0.6) is 11.5 Å². The average Bonchev–Trinajstić information content (AvgIpc) is 3.38. The van der Waals surface area contributed by atoms with Crippen LogP contribution in [-0.4, -0.2) is 36.8 Å². The summed E-state index contributed by atoms with van der Waals surface area (Å²) < 4.78 is 11.0. The molecule has 3 atom stereocenters. The third-order valence-corrected chi connectivity index (χ3v) is 7.07. The van der Waals surface area contributed by atoms with Gasteiger partial charge in [0, 0.05) is 18.7 Å². The van der Waals surface area contributed by atoms with Gasteiger partial charge in [0.05, 0.1) is 30.0 Å². The molecule has 0 N–H and O–H groups in total. The predicted octanol–water partition coefficient (Wildman–Crippen LogP) is 3.72. The van der Waals surface area contributed by atoms with E-state index in [2.05, 4.69) is 0 Å². The fraction of sp³-hybridized carbons (Fsp3) is 0.407. The van der Waals surface area contributed by atoms with E-state index in [4.69, 9.17) is 9.47 Å². The Morgan fingerprint density at radius 3 is 2.03 bits per heavy atom. The number of esters is 1. The molecule has 0 aromatic heterocycles. The van der Waals surface area contributed by atoms with Crippen molar-refractivity contribution in [1.29, 1.82) is 0 Å². The second-order valence-corrected chi connectivity index (χ2v) is 9.26. The van der Waals surface area contributed by atoms with Crippen molar-refractivity contribution in [2.24, 2.45) is 17.8 Å². The van der Waals surface area contributed by atoms with Crippen LogP contribution in [-0.2, 0) is 19.2 Å². The molecule has 3 amide bonds. The summed E-state index contributed by atoms with van der Waals surface area (Å²) in [7, 11) is 0. The van der Waals surface area contributed by atoms with Gasteiger partial charge < -0.3 is 14.4 Å². The summed E-state index contributed by atoms with van der Waals surface area (Å²) in [6.45, 7) is 2.70. The minimum Gasteiger partial charge on any atom is -0.494 e. The highest BCUT2D eigenvalue weighted by molar-refractivity contribution is 6.22. The molecular weight excluding hydrogens is 448 g/mol. The van der Waals surface area contributed by atoms with Crippen molar-refractivity contribution in [3.8, 4) is 11.5 Å². The van der Waals surface area contributed by atoms with Crippen molar-refractivity contribution in [1.82, 2.24) is 0 Å². The number of carbonyl (C=O) groups is 4. The summed E-state index contributed by atoms with van der Waals surface area (Å²) in [5.41, 5.74) is 1.20. The molecule has 1 saturated carbocycles. The Morgan fingerprint density at radius 2 is 1.43 bits per heavy atom. The fourth-order valence-corrected chi connectivity index (χ4v) is 5.28. The second-order valence-electron chi connectivity index (χ2n) is 9.26. The van der Waals surface area contributed by atoms with Crippen molar-refractivity contribution in [3.05, 3.63) is 48.5 Å². The van der Waals surface area contributed by atoms with Crippen LogP contribution in [0.25, 0.3) is 0 Å². The standard InChI is InChI=1S/C27H28N2O6/c1-2-34-20-11-7-18(8-12-20)28-16-17(15-24(28)30)27(33)35-21-13-9-19(10-14-21)29-25(31)22-5-3-4-6-23(22)26(29)32/h7-14,17,22-23H,2-6,15-16H2,1H3. The summed E-state index contributed by atoms with van der Waals surface area (Å²) in [6.07, 6.45) is 3.54. The van der Waals surface area contributed by atoms with Gasteiger partial charge in [-0.2, -0.15) is 0 Å². The highest BCUT2D eigenvalue weighted by atomic mass is 16.5. The predicted molar refractivity (Wildman–Crippen MR) is 128 cm³/mol. The van der Waals surface area contributed by atoms with Crippen LogP contribution < -0.4 is 19.3 Å². The van der Waals surface area contributed by atoms with Gasteiger partial charge in [0.1, 0.15) is 11.5 Å². The normalized spacial score (nSPS) is 24.0. The molecule has 2 saturated heterocycles. The minimum atomic E-state index is -0.585. The van der Waals surface area contributed by atoms with Crippen LogP contribution in [0.1, 0.15) is 39.0 Å². The van der Waals surface area contributed by atoms with Crippen LogP contribution in [0.2, 0.25) is 0 Å². The van der Waals surface area contributed by atoms with E-state index in [0.29, 0.717) is 23.7 Å². The lowest BCUT2D eigenvalue weighted by Crippen LogP contribution is -2.30. The van der Waals surface area contributed by atoms with Gasteiger partial charge >= 0.3 is 5.97 Å². The van der Waals surface area contributed by atoms with Crippen LogP contribution in [0.4, 0.5) is 11.4 Å². The number of hydrogen-bond donors (Lipinski definition) is 0. The fourth-order valence-electron chi connectivity index (χ4n) is 5.28. The number of rotatable bonds is 6. The summed E-state index contributed by atoms with van der Waals surface area (Å²) >= 11 is 0. The number of anilines is 2. The molecule has 3 unspecified atom stereocenters. The highest BCUT2D eigenvalue weighted by Crippen LogP contribution is 2.40. The van der Waals surface area contributed by atoms with E-state index in [1.165, 1.54) is 4.90 Å². The SMILES string of the molecule is CCOc1ccc(N2CC(C(=O)Oc3ccc(N4C(=O)C5CCCCC5C4=O)cc3)CC2=O)cc1. The second kappa shape index (κ2) is 9.52. The van der Waals surface area contributed by atoms with Crippen LogP contribution in [0, 0.1) is 17.8 Å². The quantitative estimate of drug-likeness (QED) is 0.358. The molecule has 35 heavy (non-hydrogen) atoms. The molecule has 0 radical (unpaired) electrons. The first-order valence-electron chi connectivity index (χ1n) is 12.2. The Labute approximate surface area is 203 Å². The first-order chi connectivity index (χ1) is 17.0. The van der Waals surface area contributed by atoms with Crippen molar-refractivity contribution in [2.45, 2.75) is 39.0 Å². The molecule has 8 nitrogen and oxygen atoms in total. The molecule has 2 aromatic carbocycles. The van der Waals surface area contributed by atoms with Gasteiger partial charge in [0.25, 0.3) is 0 Å². The zero-order chi connectivity index (χ0) is 24.5. The lowest BCUT2D eigenvalue weighted by molar-refractivity contribution is -0.139. The van der Waals surface area contributed by atoms with Gasteiger partial charge in [-0.1, -0.05) is 12.8 Å². The van der Waals surface area contributed by atoms with Gasteiger partial charge in [-0.05, 0) is 68.3 Å². The van der Waals surface area contributed by atoms with E-state index >= 15 is 0 Å².